The van der Waals surface area contributed by atoms with Gasteiger partial charge in [-0.1, -0.05) is 60.8 Å². The molecule has 0 heterocycles. The van der Waals surface area contributed by atoms with E-state index in [2.05, 4.69) is 5.32 Å². The minimum atomic E-state index is -3.89. The fraction of sp³-hybridized carbons (Fsp3) is 0.391. The van der Waals surface area contributed by atoms with Crippen LogP contribution in [-0.2, 0) is 26.2 Å². The molecular weight excluding hydrogens is 521 g/mol. The molecule has 2 amide bonds. The molecular formula is C23H28Cl3N3O4S. The zero-order valence-electron chi connectivity index (χ0n) is 19.2. The predicted molar refractivity (Wildman–Crippen MR) is 138 cm³/mol. The smallest absolute Gasteiger partial charge is 0.244 e. The lowest BCUT2D eigenvalue weighted by Crippen LogP contribution is -2.52. The lowest BCUT2D eigenvalue weighted by Gasteiger charge is -2.33. The number of hydrogen-bond donors (Lipinski definition) is 1. The second-order valence-corrected chi connectivity index (χ2v) is 10.9. The Kier molecular flexibility index (Phi) is 10.5. The number of halogens is 3. The van der Waals surface area contributed by atoms with E-state index in [4.69, 9.17) is 34.8 Å². The first kappa shape index (κ1) is 28.2. The van der Waals surface area contributed by atoms with Gasteiger partial charge in [0.25, 0.3) is 0 Å². The van der Waals surface area contributed by atoms with Crippen LogP contribution in [0.3, 0.4) is 0 Å². The van der Waals surface area contributed by atoms with Crippen molar-refractivity contribution in [3.8, 4) is 0 Å². The van der Waals surface area contributed by atoms with Crippen LogP contribution in [0.5, 0.6) is 0 Å². The molecule has 1 N–H and O–H groups in total. The number of sulfonamides is 1. The molecule has 0 spiro atoms. The lowest BCUT2D eigenvalue weighted by molar-refractivity contribution is -0.140. The number of rotatable bonds is 11. The summed E-state index contributed by atoms with van der Waals surface area (Å²) in [6, 6.07) is 10.4. The van der Waals surface area contributed by atoms with E-state index in [0.717, 1.165) is 22.5 Å². The van der Waals surface area contributed by atoms with Gasteiger partial charge in [-0.3, -0.25) is 13.9 Å². The SMILES string of the molecule is CCCNC(=O)[C@H](CC)N(Cc1ccc(Cl)cc1)C(=O)CN(c1ccc(Cl)cc1Cl)S(C)(=O)=O. The molecule has 186 valence electrons. The fourth-order valence-electron chi connectivity index (χ4n) is 3.35. The van der Waals surface area contributed by atoms with Crippen molar-refractivity contribution in [2.45, 2.75) is 39.3 Å². The van der Waals surface area contributed by atoms with Crippen LogP contribution < -0.4 is 9.62 Å². The van der Waals surface area contributed by atoms with Gasteiger partial charge in [-0.25, -0.2) is 8.42 Å². The second-order valence-electron chi connectivity index (χ2n) is 7.73. The molecule has 11 heteroatoms. The summed E-state index contributed by atoms with van der Waals surface area (Å²) in [6.45, 7) is 3.75. The van der Waals surface area contributed by atoms with Crippen molar-refractivity contribution < 1.29 is 18.0 Å². The third kappa shape index (κ3) is 7.77. The van der Waals surface area contributed by atoms with Crippen LogP contribution >= 0.6 is 34.8 Å². The minimum Gasteiger partial charge on any atom is -0.354 e. The maximum Gasteiger partial charge on any atom is 0.244 e. The van der Waals surface area contributed by atoms with Crippen LogP contribution in [-0.4, -0.2) is 50.5 Å². The number of hydrogen-bond acceptors (Lipinski definition) is 4. The first-order chi connectivity index (χ1) is 16.0. The first-order valence-corrected chi connectivity index (χ1v) is 13.7. The van der Waals surface area contributed by atoms with E-state index < -0.39 is 28.5 Å². The Bertz CT molecular complexity index is 1110. The van der Waals surface area contributed by atoms with E-state index >= 15 is 0 Å². The summed E-state index contributed by atoms with van der Waals surface area (Å²) in [6.07, 6.45) is 2.07. The van der Waals surface area contributed by atoms with Gasteiger partial charge in [-0.15, -0.1) is 0 Å². The Balaban J connectivity index is 2.44. The van der Waals surface area contributed by atoms with E-state index in [1.807, 2.05) is 6.92 Å². The van der Waals surface area contributed by atoms with Gasteiger partial charge >= 0.3 is 0 Å². The van der Waals surface area contributed by atoms with Gasteiger partial charge < -0.3 is 10.2 Å². The molecule has 0 aliphatic heterocycles. The number of nitrogens with one attached hydrogen (secondary N) is 1. The van der Waals surface area contributed by atoms with E-state index in [1.165, 1.54) is 23.1 Å². The Hall–Kier alpha value is -2.00. The largest absolute Gasteiger partial charge is 0.354 e. The van der Waals surface area contributed by atoms with Crippen LogP contribution in [0.1, 0.15) is 32.3 Å². The summed E-state index contributed by atoms with van der Waals surface area (Å²) in [5.74, 6) is -0.855. The Morgan fingerprint density at radius 2 is 1.62 bits per heavy atom. The summed E-state index contributed by atoms with van der Waals surface area (Å²) in [7, 11) is -3.89. The molecule has 34 heavy (non-hydrogen) atoms. The molecule has 0 saturated carbocycles. The molecule has 0 bridgehead atoms. The summed E-state index contributed by atoms with van der Waals surface area (Å²) in [5, 5.41) is 3.78. The molecule has 1 atom stereocenters. The maximum atomic E-state index is 13.5. The Morgan fingerprint density at radius 3 is 2.15 bits per heavy atom. The summed E-state index contributed by atoms with van der Waals surface area (Å²) in [4.78, 5) is 27.8. The highest BCUT2D eigenvalue weighted by atomic mass is 35.5. The molecule has 2 aromatic carbocycles. The number of benzene rings is 2. The van der Waals surface area contributed by atoms with Crippen molar-refractivity contribution in [2.75, 3.05) is 23.7 Å². The highest BCUT2D eigenvalue weighted by Crippen LogP contribution is 2.30. The lowest BCUT2D eigenvalue weighted by atomic mass is 10.1. The minimum absolute atomic E-state index is 0.0858. The van der Waals surface area contributed by atoms with E-state index in [9.17, 15) is 18.0 Å². The molecule has 0 aliphatic carbocycles. The third-order valence-corrected chi connectivity index (χ3v) is 6.98. The average molecular weight is 549 g/mol. The van der Waals surface area contributed by atoms with Crippen LogP contribution in [0.15, 0.2) is 42.5 Å². The highest BCUT2D eigenvalue weighted by Gasteiger charge is 2.32. The van der Waals surface area contributed by atoms with Crippen molar-refractivity contribution in [3.05, 3.63) is 63.1 Å². The normalized spacial score (nSPS) is 12.2. The topological polar surface area (TPSA) is 86.8 Å². The molecule has 0 aromatic heterocycles. The average Bonchev–Trinajstić information content (AvgIpc) is 2.76. The molecule has 0 fully saturated rings. The van der Waals surface area contributed by atoms with Gasteiger partial charge in [0.1, 0.15) is 12.6 Å². The van der Waals surface area contributed by atoms with E-state index in [0.29, 0.717) is 23.0 Å². The quantitative estimate of drug-likeness (QED) is 0.439. The first-order valence-electron chi connectivity index (χ1n) is 10.7. The van der Waals surface area contributed by atoms with Crippen LogP contribution in [0.25, 0.3) is 0 Å². The van der Waals surface area contributed by atoms with Crippen LogP contribution in [0.2, 0.25) is 15.1 Å². The van der Waals surface area contributed by atoms with Gasteiger partial charge in [-0.2, -0.15) is 0 Å². The summed E-state index contributed by atoms with van der Waals surface area (Å²) in [5.41, 5.74) is 0.867. The monoisotopic (exact) mass is 547 g/mol. The van der Waals surface area contributed by atoms with Crippen molar-refractivity contribution in [1.82, 2.24) is 10.2 Å². The van der Waals surface area contributed by atoms with Gasteiger partial charge in [0.05, 0.1) is 17.0 Å². The van der Waals surface area contributed by atoms with Crippen molar-refractivity contribution in [2.24, 2.45) is 0 Å². The molecule has 7 nitrogen and oxygen atoms in total. The molecule has 0 radical (unpaired) electrons. The van der Waals surface area contributed by atoms with Crippen molar-refractivity contribution in [3.63, 3.8) is 0 Å². The Morgan fingerprint density at radius 1 is 1.00 bits per heavy atom. The van der Waals surface area contributed by atoms with E-state index in [1.54, 1.807) is 31.2 Å². The zero-order chi connectivity index (χ0) is 25.5. The van der Waals surface area contributed by atoms with E-state index in [-0.39, 0.29) is 23.2 Å². The molecule has 0 saturated heterocycles. The number of carbonyl (C=O) groups excluding carboxylic acids is 2. The zero-order valence-corrected chi connectivity index (χ0v) is 22.3. The molecule has 0 aliphatic rings. The fourth-order valence-corrected chi connectivity index (χ4v) is 4.90. The summed E-state index contributed by atoms with van der Waals surface area (Å²) >= 11 is 18.2. The highest BCUT2D eigenvalue weighted by molar-refractivity contribution is 7.92. The second kappa shape index (κ2) is 12.6. The predicted octanol–water partition coefficient (Wildman–Crippen LogP) is 4.75. The molecule has 0 unspecified atom stereocenters. The van der Waals surface area contributed by atoms with Crippen LogP contribution in [0, 0.1) is 0 Å². The van der Waals surface area contributed by atoms with Gasteiger partial charge in [0.2, 0.25) is 21.8 Å². The number of anilines is 1. The number of nitrogens with zero attached hydrogens (tertiary/aromatic N) is 2. The van der Waals surface area contributed by atoms with Gasteiger partial charge in [0.15, 0.2) is 0 Å². The summed E-state index contributed by atoms with van der Waals surface area (Å²) < 4.78 is 26.1. The number of amides is 2. The molecule has 2 rings (SSSR count). The van der Waals surface area contributed by atoms with Gasteiger partial charge in [-0.05, 0) is 48.7 Å². The van der Waals surface area contributed by atoms with Crippen molar-refractivity contribution >= 4 is 62.3 Å². The van der Waals surface area contributed by atoms with Gasteiger partial charge in [0, 0.05) is 23.1 Å². The molecule has 2 aromatic rings. The standard InChI is InChI=1S/C23H28Cl3N3O4S/c1-4-12-27-23(31)20(5-2)28(14-16-6-8-17(24)9-7-16)22(30)15-29(34(3,32)33)21-11-10-18(25)13-19(21)26/h6-11,13,20H,4-5,12,14-15H2,1-3H3,(H,27,31)/t20-/m0/s1. The van der Waals surface area contributed by atoms with Crippen molar-refractivity contribution in [1.29, 1.82) is 0 Å². The number of carbonyl (C=O) groups is 2. The third-order valence-electron chi connectivity index (χ3n) is 5.06. The Labute approximate surface area is 216 Å². The van der Waals surface area contributed by atoms with Crippen LogP contribution in [0.4, 0.5) is 5.69 Å². The maximum absolute atomic E-state index is 13.5.